The fourth-order valence-corrected chi connectivity index (χ4v) is 8.32. The van der Waals surface area contributed by atoms with Crippen LogP contribution in [-0.2, 0) is 0 Å². The number of fused-ring (bicyclic) bond motifs is 8. The van der Waals surface area contributed by atoms with Crippen LogP contribution < -0.4 is 9.47 Å². The van der Waals surface area contributed by atoms with Crippen molar-refractivity contribution in [2.24, 2.45) is 0 Å². The van der Waals surface area contributed by atoms with Gasteiger partial charge in [-0.05, 0) is 109 Å². The predicted molar refractivity (Wildman–Crippen MR) is 255 cm³/mol. The van der Waals surface area contributed by atoms with E-state index in [1.807, 2.05) is 0 Å². The summed E-state index contributed by atoms with van der Waals surface area (Å²) in [6, 6.07) is 29.7. The second kappa shape index (κ2) is 22.9. The van der Waals surface area contributed by atoms with Gasteiger partial charge in [0.2, 0.25) is 0 Å². The molecule has 6 nitrogen and oxygen atoms in total. The molecule has 2 aromatic carbocycles. The lowest BCUT2D eigenvalue weighted by atomic mass is 10.0. The highest BCUT2D eigenvalue weighted by molar-refractivity contribution is 5.95. The SMILES string of the molecule is CCCCCCCCCCCOc1ccc(-c2c3nc(c(-c4ccc(OCCCCCCCCCCC)cc4)c4ccc(cc5nc(cc6ccc2[nH]6)C=C5)[nH]4)C=C3)cc1. The van der Waals surface area contributed by atoms with Crippen LogP contribution in [0.25, 0.3) is 68.6 Å². The van der Waals surface area contributed by atoms with Gasteiger partial charge >= 0.3 is 0 Å². The molecule has 60 heavy (non-hydrogen) atoms. The smallest absolute Gasteiger partial charge is 0.119 e. The second-order valence-corrected chi connectivity index (χ2v) is 16.6. The molecule has 7 rings (SSSR count). The summed E-state index contributed by atoms with van der Waals surface area (Å²) >= 11 is 0. The van der Waals surface area contributed by atoms with Crippen molar-refractivity contribution in [2.45, 2.75) is 129 Å². The Morgan fingerprint density at radius 1 is 0.400 bits per heavy atom. The molecule has 0 fully saturated rings. The van der Waals surface area contributed by atoms with Crippen LogP contribution in [-0.4, -0.2) is 33.1 Å². The van der Waals surface area contributed by atoms with Gasteiger partial charge in [0.15, 0.2) is 0 Å². The van der Waals surface area contributed by atoms with Gasteiger partial charge in [-0.2, -0.15) is 0 Å². The Morgan fingerprint density at radius 2 is 0.783 bits per heavy atom. The third-order valence-electron chi connectivity index (χ3n) is 11.7. The van der Waals surface area contributed by atoms with Crippen molar-refractivity contribution in [2.75, 3.05) is 13.2 Å². The first-order valence-electron chi connectivity index (χ1n) is 23.2. The van der Waals surface area contributed by atoms with E-state index in [-0.39, 0.29) is 0 Å². The van der Waals surface area contributed by atoms with Crippen molar-refractivity contribution in [1.29, 1.82) is 0 Å². The summed E-state index contributed by atoms with van der Waals surface area (Å²) < 4.78 is 12.4. The molecule has 2 N–H and O–H groups in total. The molecule has 314 valence electrons. The van der Waals surface area contributed by atoms with Gasteiger partial charge < -0.3 is 19.4 Å². The number of nitrogens with zero attached hydrogens (tertiary/aromatic N) is 2. The van der Waals surface area contributed by atoms with E-state index in [0.29, 0.717) is 0 Å². The Morgan fingerprint density at radius 3 is 1.18 bits per heavy atom. The number of rotatable bonds is 24. The van der Waals surface area contributed by atoms with Crippen molar-refractivity contribution in [1.82, 2.24) is 19.9 Å². The van der Waals surface area contributed by atoms with Gasteiger partial charge in [0.1, 0.15) is 11.5 Å². The summed E-state index contributed by atoms with van der Waals surface area (Å²) in [6.45, 7) is 6.05. The Bertz CT molecular complexity index is 2150. The average Bonchev–Trinajstić information content (AvgIpc) is 4.11. The first-order chi connectivity index (χ1) is 29.7. The van der Waals surface area contributed by atoms with Crippen LogP contribution in [0.5, 0.6) is 11.5 Å². The van der Waals surface area contributed by atoms with E-state index in [9.17, 15) is 0 Å². The Kier molecular flexibility index (Phi) is 16.3. The summed E-state index contributed by atoms with van der Waals surface area (Å²) in [7, 11) is 0. The standard InChI is InChI=1S/C54H66N4O2/c1-3-5-7-9-11-13-15-17-19-37-59-47-29-21-41(22-30-47)53-49-33-27-45(56-49)39-43-25-26-44(55-43)40-46-28-34-50(57-46)54(52-36-35-51(53)58-52)42-23-31-48(32-24-42)60-38-20-18-16-14-12-10-8-6-4-2/h21-36,39-40,56-57H,3-20,37-38H2,1-2H3. The van der Waals surface area contributed by atoms with Crippen LogP contribution in [0.4, 0.5) is 0 Å². The molecule has 0 radical (unpaired) electrons. The molecule has 2 aliphatic rings. The molecule has 6 heteroatoms. The molecule has 0 aliphatic carbocycles. The van der Waals surface area contributed by atoms with Crippen molar-refractivity contribution in [3.63, 3.8) is 0 Å². The molecular formula is C54H66N4O2. The number of hydrogen-bond donors (Lipinski definition) is 2. The maximum Gasteiger partial charge on any atom is 0.119 e. The van der Waals surface area contributed by atoms with Crippen molar-refractivity contribution in [3.8, 4) is 33.8 Å². The van der Waals surface area contributed by atoms with E-state index in [1.54, 1.807) is 0 Å². The average molecular weight is 803 g/mol. The van der Waals surface area contributed by atoms with Gasteiger partial charge in [-0.1, -0.05) is 141 Å². The van der Waals surface area contributed by atoms with Gasteiger partial charge in [-0.15, -0.1) is 0 Å². The topological polar surface area (TPSA) is 75.8 Å². The molecule has 3 aromatic heterocycles. The molecular weight excluding hydrogens is 737 g/mol. The summed E-state index contributed by atoms with van der Waals surface area (Å²) in [6.07, 6.45) is 31.9. The molecule has 5 aromatic rings. The number of H-pyrrole nitrogens is 2. The number of nitrogens with one attached hydrogen (secondary N) is 2. The van der Waals surface area contributed by atoms with Crippen LogP contribution in [0.2, 0.25) is 0 Å². The third-order valence-corrected chi connectivity index (χ3v) is 11.7. The summed E-state index contributed by atoms with van der Waals surface area (Å²) in [5, 5.41) is 0. The molecule has 8 bridgehead atoms. The monoisotopic (exact) mass is 803 g/mol. The van der Waals surface area contributed by atoms with E-state index in [2.05, 4.69) is 133 Å². The molecule has 0 atom stereocenters. The quantitative estimate of drug-likeness (QED) is 0.0597. The second-order valence-electron chi connectivity index (χ2n) is 16.6. The predicted octanol–water partition coefficient (Wildman–Crippen LogP) is 15.8. The molecule has 5 heterocycles. The van der Waals surface area contributed by atoms with E-state index >= 15 is 0 Å². The zero-order valence-electron chi connectivity index (χ0n) is 36.2. The lowest BCUT2D eigenvalue weighted by Crippen LogP contribution is -1.97. The maximum absolute atomic E-state index is 6.22. The molecule has 2 aliphatic heterocycles. The van der Waals surface area contributed by atoms with Crippen LogP contribution in [0.15, 0.2) is 84.9 Å². The number of benzene rings is 2. The van der Waals surface area contributed by atoms with E-state index in [4.69, 9.17) is 19.4 Å². The number of hydrogen-bond acceptors (Lipinski definition) is 4. The molecule has 0 spiro atoms. The lowest BCUT2D eigenvalue weighted by Gasteiger charge is -2.09. The Hall–Kier alpha value is -5.36. The maximum atomic E-state index is 6.22. The highest BCUT2D eigenvalue weighted by atomic mass is 16.5. The highest BCUT2D eigenvalue weighted by Crippen LogP contribution is 2.35. The van der Waals surface area contributed by atoms with Crippen LogP contribution in [0, 0.1) is 0 Å². The minimum atomic E-state index is 0.746. The number of aromatic amines is 2. The molecule has 0 saturated carbocycles. The van der Waals surface area contributed by atoms with E-state index < -0.39 is 0 Å². The Labute approximate surface area is 358 Å². The zero-order valence-corrected chi connectivity index (χ0v) is 36.2. The highest BCUT2D eigenvalue weighted by Gasteiger charge is 2.16. The first kappa shape index (κ1) is 42.8. The summed E-state index contributed by atoms with van der Waals surface area (Å²) in [4.78, 5) is 17.6. The van der Waals surface area contributed by atoms with Gasteiger partial charge in [0.05, 0.1) is 36.0 Å². The van der Waals surface area contributed by atoms with Gasteiger partial charge in [-0.25, -0.2) is 9.97 Å². The van der Waals surface area contributed by atoms with E-state index in [1.165, 1.54) is 103 Å². The largest absolute Gasteiger partial charge is 0.494 e. The molecule has 0 amide bonds. The first-order valence-corrected chi connectivity index (χ1v) is 23.2. The Balaban J connectivity index is 1.12. The van der Waals surface area contributed by atoms with Gasteiger partial charge in [0.25, 0.3) is 0 Å². The summed E-state index contributed by atoms with van der Waals surface area (Å²) in [5.74, 6) is 1.80. The summed E-state index contributed by atoms with van der Waals surface area (Å²) in [5.41, 5.74) is 11.8. The van der Waals surface area contributed by atoms with Crippen LogP contribution >= 0.6 is 0 Å². The number of ether oxygens (including phenoxy) is 2. The normalized spacial score (nSPS) is 12.0. The number of unbranched alkanes of at least 4 members (excludes halogenated alkanes) is 16. The number of aromatic nitrogens is 4. The van der Waals surface area contributed by atoms with Crippen molar-refractivity contribution >= 4 is 46.4 Å². The lowest BCUT2D eigenvalue weighted by molar-refractivity contribution is 0.304. The minimum absolute atomic E-state index is 0.746. The zero-order chi connectivity index (χ0) is 41.2. The van der Waals surface area contributed by atoms with Crippen LogP contribution in [0.1, 0.15) is 152 Å². The van der Waals surface area contributed by atoms with Crippen molar-refractivity contribution < 1.29 is 9.47 Å². The molecule has 0 unspecified atom stereocenters. The van der Waals surface area contributed by atoms with Gasteiger partial charge in [-0.3, -0.25) is 0 Å². The van der Waals surface area contributed by atoms with Crippen LogP contribution in [0.3, 0.4) is 0 Å². The van der Waals surface area contributed by atoms with Crippen molar-refractivity contribution in [3.05, 3.63) is 108 Å². The molecule has 0 saturated heterocycles. The minimum Gasteiger partial charge on any atom is -0.494 e. The van der Waals surface area contributed by atoms with E-state index in [0.717, 1.165) is 105 Å². The fraction of sp³-hybridized carbons (Fsp3) is 0.407. The fourth-order valence-electron chi connectivity index (χ4n) is 8.32. The van der Waals surface area contributed by atoms with Gasteiger partial charge in [0, 0.05) is 33.2 Å². The third kappa shape index (κ3) is 12.3.